The molecule has 1 heterocycles. The van der Waals surface area contributed by atoms with Crippen molar-refractivity contribution in [3.8, 4) is 5.75 Å². The van der Waals surface area contributed by atoms with Gasteiger partial charge in [0.05, 0.1) is 0 Å². The molecule has 2 rings (SSSR count). The maximum Gasteiger partial charge on any atom is 0.329 e. The first kappa shape index (κ1) is 15.6. The van der Waals surface area contributed by atoms with Gasteiger partial charge in [-0.1, -0.05) is 11.6 Å². The highest BCUT2D eigenvalue weighted by atomic mass is 35.5. The van der Waals surface area contributed by atoms with Crippen LogP contribution >= 0.6 is 11.6 Å². The van der Waals surface area contributed by atoms with E-state index in [-0.39, 0.29) is 5.91 Å². The fourth-order valence-electron chi connectivity index (χ4n) is 2.53. The number of amides is 1. The lowest BCUT2D eigenvalue weighted by atomic mass is 9.99. The summed E-state index contributed by atoms with van der Waals surface area (Å²) in [6.45, 7) is 3.64. The Kier molecular flexibility index (Phi) is 4.42. The van der Waals surface area contributed by atoms with E-state index in [0.717, 1.165) is 0 Å². The molecule has 1 aliphatic rings. The number of ether oxygens (including phenoxy) is 1. The summed E-state index contributed by atoms with van der Waals surface area (Å²) < 4.78 is 5.57. The summed E-state index contributed by atoms with van der Waals surface area (Å²) in [6.07, 6.45) is 0.396. The molecule has 1 aromatic rings. The minimum absolute atomic E-state index is 0.313. The Bertz CT molecular complexity index is 545. The summed E-state index contributed by atoms with van der Waals surface area (Å²) in [7, 11) is 0. The van der Waals surface area contributed by atoms with Gasteiger partial charge in [-0.3, -0.25) is 4.79 Å². The molecule has 0 spiro atoms. The number of benzene rings is 1. The van der Waals surface area contributed by atoms with E-state index in [0.29, 0.717) is 30.2 Å². The molecule has 6 heteroatoms. The van der Waals surface area contributed by atoms with Crippen molar-refractivity contribution in [2.75, 3.05) is 6.54 Å². The molecular formula is C15H18ClNO4. The summed E-state index contributed by atoms with van der Waals surface area (Å²) in [6, 6.07) is 6.69. The second kappa shape index (κ2) is 5.93. The highest BCUT2D eigenvalue weighted by Gasteiger charge is 2.47. The second-order valence-electron chi connectivity index (χ2n) is 5.39. The average Bonchev–Trinajstić information content (AvgIpc) is 2.84. The monoisotopic (exact) mass is 311 g/mol. The van der Waals surface area contributed by atoms with Gasteiger partial charge in [0.1, 0.15) is 11.3 Å². The first-order chi connectivity index (χ1) is 9.84. The number of rotatable bonds is 4. The van der Waals surface area contributed by atoms with Gasteiger partial charge in [-0.05, 0) is 51.0 Å². The molecule has 21 heavy (non-hydrogen) atoms. The largest absolute Gasteiger partial charge is 0.481 e. The number of halogens is 1. The summed E-state index contributed by atoms with van der Waals surface area (Å²) in [5.41, 5.74) is -1.14. The van der Waals surface area contributed by atoms with Crippen LogP contribution < -0.4 is 4.74 Å². The quantitative estimate of drug-likeness (QED) is 0.928. The van der Waals surface area contributed by atoms with Crippen LogP contribution in [0.2, 0.25) is 5.02 Å². The maximum atomic E-state index is 12.4. The Labute approximate surface area is 128 Å². The second-order valence-corrected chi connectivity index (χ2v) is 5.82. The zero-order valence-corrected chi connectivity index (χ0v) is 12.8. The van der Waals surface area contributed by atoms with E-state index in [2.05, 4.69) is 0 Å². The summed E-state index contributed by atoms with van der Waals surface area (Å²) >= 11 is 5.79. The Morgan fingerprint density at radius 1 is 1.38 bits per heavy atom. The molecule has 2 unspecified atom stereocenters. The first-order valence-corrected chi connectivity index (χ1v) is 7.19. The van der Waals surface area contributed by atoms with Gasteiger partial charge in [0.2, 0.25) is 0 Å². The minimum Gasteiger partial charge on any atom is -0.481 e. The average molecular weight is 312 g/mol. The van der Waals surface area contributed by atoms with Crippen molar-refractivity contribution >= 4 is 23.5 Å². The van der Waals surface area contributed by atoms with Crippen LogP contribution in [0.3, 0.4) is 0 Å². The lowest BCUT2D eigenvalue weighted by Gasteiger charge is -2.33. The van der Waals surface area contributed by atoms with Crippen molar-refractivity contribution in [2.45, 2.75) is 38.3 Å². The molecule has 0 aliphatic carbocycles. The smallest absolute Gasteiger partial charge is 0.329 e. The highest BCUT2D eigenvalue weighted by molar-refractivity contribution is 6.30. The van der Waals surface area contributed by atoms with Crippen LogP contribution in [0.4, 0.5) is 0 Å². The van der Waals surface area contributed by atoms with Gasteiger partial charge >= 0.3 is 5.97 Å². The standard InChI is InChI=1S/C15H18ClNO4/c1-10(21-12-6-4-11(16)5-7-12)13(18)17-9-3-8-15(17,2)14(19)20/h4-7,10H,3,8-9H2,1-2H3,(H,19,20). The van der Waals surface area contributed by atoms with Gasteiger partial charge in [0.15, 0.2) is 6.10 Å². The van der Waals surface area contributed by atoms with Gasteiger partial charge in [-0.2, -0.15) is 0 Å². The molecule has 0 aromatic heterocycles. The van der Waals surface area contributed by atoms with Crippen molar-refractivity contribution in [1.82, 2.24) is 4.90 Å². The molecule has 1 aliphatic heterocycles. The van der Waals surface area contributed by atoms with Crippen molar-refractivity contribution in [3.05, 3.63) is 29.3 Å². The molecular weight excluding hydrogens is 294 g/mol. The number of carbonyl (C=O) groups excluding carboxylic acids is 1. The van der Waals surface area contributed by atoms with Gasteiger partial charge in [-0.25, -0.2) is 4.79 Å². The summed E-state index contributed by atoms with van der Waals surface area (Å²) in [5, 5.41) is 9.93. The van der Waals surface area contributed by atoms with E-state index in [9.17, 15) is 14.7 Å². The SMILES string of the molecule is CC(Oc1ccc(Cl)cc1)C(=O)N1CCCC1(C)C(=O)O. The number of hydrogen-bond donors (Lipinski definition) is 1. The molecule has 0 bridgehead atoms. The normalized spacial score (nSPS) is 22.9. The number of aliphatic carboxylic acids is 1. The number of carboxylic acid groups (broad SMARTS) is 1. The number of carbonyl (C=O) groups is 2. The lowest BCUT2D eigenvalue weighted by Crippen LogP contribution is -2.54. The van der Waals surface area contributed by atoms with Crippen LogP contribution in [0.5, 0.6) is 5.75 Å². The molecule has 1 N–H and O–H groups in total. The fraction of sp³-hybridized carbons (Fsp3) is 0.467. The van der Waals surface area contributed by atoms with Crippen LogP contribution in [0.25, 0.3) is 0 Å². The summed E-state index contributed by atoms with van der Waals surface area (Å²) in [4.78, 5) is 25.3. The third kappa shape index (κ3) is 3.13. The van der Waals surface area contributed by atoms with Crippen LogP contribution in [0.15, 0.2) is 24.3 Å². The molecule has 2 atom stereocenters. The molecule has 1 amide bonds. The van der Waals surface area contributed by atoms with E-state index < -0.39 is 17.6 Å². The van der Waals surface area contributed by atoms with Crippen LogP contribution in [-0.2, 0) is 9.59 Å². The predicted octanol–water partition coefficient (Wildman–Crippen LogP) is 2.57. The molecule has 1 fully saturated rings. The highest BCUT2D eigenvalue weighted by Crippen LogP contribution is 2.30. The number of hydrogen-bond acceptors (Lipinski definition) is 3. The zero-order chi connectivity index (χ0) is 15.6. The maximum absolute atomic E-state index is 12.4. The number of carboxylic acids is 1. The predicted molar refractivity (Wildman–Crippen MR) is 78.5 cm³/mol. The third-order valence-electron chi connectivity index (χ3n) is 3.84. The molecule has 5 nitrogen and oxygen atoms in total. The Morgan fingerprint density at radius 3 is 2.57 bits per heavy atom. The summed E-state index contributed by atoms with van der Waals surface area (Å²) in [5.74, 6) is -0.768. The number of likely N-dealkylation sites (tertiary alicyclic amines) is 1. The molecule has 1 aromatic carbocycles. The van der Waals surface area contributed by atoms with Gasteiger partial charge in [0.25, 0.3) is 5.91 Å². The van der Waals surface area contributed by atoms with E-state index in [1.807, 2.05) is 0 Å². The van der Waals surface area contributed by atoms with E-state index in [1.54, 1.807) is 38.1 Å². The van der Waals surface area contributed by atoms with Crippen LogP contribution in [-0.4, -0.2) is 40.1 Å². The Hall–Kier alpha value is -1.75. The first-order valence-electron chi connectivity index (χ1n) is 6.82. The Balaban J connectivity index is 2.08. The molecule has 0 saturated carbocycles. The lowest BCUT2D eigenvalue weighted by molar-refractivity contribution is -0.157. The van der Waals surface area contributed by atoms with Crippen LogP contribution in [0.1, 0.15) is 26.7 Å². The van der Waals surface area contributed by atoms with Crippen LogP contribution in [0, 0.1) is 0 Å². The van der Waals surface area contributed by atoms with Gasteiger partial charge in [-0.15, -0.1) is 0 Å². The van der Waals surface area contributed by atoms with Crippen molar-refractivity contribution < 1.29 is 19.4 Å². The molecule has 0 radical (unpaired) electrons. The Morgan fingerprint density at radius 2 is 2.00 bits per heavy atom. The molecule has 1 saturated heterocycles. The third-order valence-corrected chi connectivity index (χ3v) is 4.09. The zero-order valence-electron chi connectivity index (χ0n) is 12.0. The van der Waals surface area contributed by atoms with E-state index >= 15 is 0 Å². The fourth-order valence-corrected chi connectivity index (χ4v) is 2.65. The van der Waals surface area contributed by atoms with E-state index in [4.69, 9.17) is 16.3 Å². The van der Waals surface area contributed by atoms with Crippen molar-refractivity contribution in [2.24, 2.45) is 0 Å². The van der Waals surface area contributed by atoms with Gasteiger partial charge in [0, 0.05) is 11.6 Å². The van der Waals surface area contributed by atoms with Gasteiger partial charge < -0.3 is 14.7 Å². The van der Waals surface area contributed by atoms with E-state index in [1.165, 1.54) is 4.90 Å². The molecule has 114 valence electrons. The van der Waals surface area contributed by atoms with Crippen molar-refractivity contribution in [1.29, 1.82) is 0 Å². The van der Waals surface area contributed by atoms with Crippen molar-refractivity contribution in [3.63, 3.8) is 0 Å². The minimum atomic E-state index is -1.14. The topological polar surface area (TPSA) is 66.8 Å². The number of nitrogens with zero attached hydrogens (tertiary/aromatic N) is 1.